The van der Waals surface area contributed by atoms with Gasteiger partial charge in [-0.1, -0.05) is 54.6 Å². The highest BCUT2D eigenvalue weighted by molar-refractivity contribution is 5.80. The number of benzene rings is 2. The van der Waals surface area contributed by atoms with E-state index in [1.54, 1.807) is 6.20 Å². The van der Waals surface area contributed by atoms with E-state index in [-0.39, 0.29) is 23.7 Å². The van der Waals surface area contributed by atoms with Crippen LogP contribution in [0.25, 0.3) is 11.3 Å². The molecule has 4 nitrogen and oxygen atoms in total. The largest absolute Gasteiger partial charge is 0.469 e. The zero-order chi connectivity index (χ0) is 16.5. The van der Waals surface area contributed by atoms with Crippen LogP contribution in [0.2, 0.25) is 0 Å². The van der Waals surface area contributed by atoms with E-state index in [2.05, 4.69) is 29.2 Å². The van der Waals surface area contributed by atoms with Crippen LogP contribution in [-0.2, 0) is 9.53 Å². The Bertz CT molecular complexity index is 825. The van der Waals surface area contributed by atoms with Crippen molar-refractivity contribution < 1.29 is 13.9 Å². The van der Waals surface area contributed by atoms with Gasteiger partial charge in [0, 0.05) is 17.4 Å². The van der Waals surface area contributed by atoms with E-state index < -0.39 is 0 Å². The predicted molar refractivity (Wildman–Crippen MR) is 89.4 cm³/mol. The zero-order valence-electron chi connectivity index (χ0n) is 13.3. The van der Waals surface area contributed by atoms with Crippen molar-refractivity contribution >= 4 is 5.97 Å². The molecule has 0 bridgehead atoms. The lowest BCUT2D eigenvalue weighted by molar-refractivity contribution is -0.142. The van der Waals surface area contributed by atoms with Crippen LogP contribution in [0.15, 0.2) is 71.6 Å². The van der Waals surface area contributed by atoms with Crippen molar-refractivity contribution in [2.75, 3.05) is 7.11 Å². The Morgan fingerprint density at radius 3 is 2.25 bits per heavy atom. The van der Waals surface area contributed by atoms with E-state index in [1.165, 1.54) is 19.1 Å². The lowest BCUT2D eigenvalue weighted by Crippen LogP contribution is -2.05. The van der Waals surface area contributed by atoms with Gasteiger partial charge in [0.15, 0.2) is 12.2 Å². The Morgan fingerprint density at radius 2 is 1.67 bits per heavy atom. The quantitative estimate of drug-likeness (QED) is 0.682. The van der Waals surface area contributed by atoms with Crippen molar-refractivity contribution in [3.63, 3.8) is 0 Å². The minimum atomic E-state index is -0.145. The molecule has 0 spiro atoms. The molecular weight excluding hydrogens is 302 g/mol. The highest BCUT2D eigenvalue weighted by Crippen LogP contribution is 2.60. The molecule has 2 aromatic carbocycles. The zero-order valence-corrected chi connectivity index (χ0v) is 13.3. The van der Waals surface area contributed by atoms with Gasteiger partial charge in [0.2, 0.25) is 0 Å². The fourth-order valence-corrected chi connectivity index (χ4v) is 3.47. The first-order valence-corrected chi connectivity index (χ1v) is 7.91. The summed E-state index contributed by atoms with van der Waals surface area (Å²) in [6.45, 7) is 0. The van der Waals surface area contributed by atoms with Crippen LogP contribution in [0.5, 0.6) is 0 Å². The number of esters is 1. The van der Waals surface area contributed by atoms with Gasteiger partial charge >= 0.3 is 5.97 Å². The molecule has 1 saturated carbocycles. The molecule has 24 heavy (non-hydrogen) atoms. The number of aromatic nitrogens is 1. The predicted octanol–water partition coefficient (Wildman–Crippen LogP) is 4.01. The van der Waals surface area contributed by atoms with Gasteiger partial charge in [-0.2, -0.15) is 0 Å². The molecule has 3 aromatic rings. The Hall–Kier alpha value is -2.88. The van der Waals surface area contributed by atoms with Gasteiger partial charge in [0.25, 0.3) is 0 Å². The number of carbonyl (C=O) groups excluding carboxylic acids is 1. The van der Waals surface area contributed by atoms with Crippen molar-refractivity contribution in [2.45, 2.75) is 11.8 Å². The average molecular weight is 319 g/mol. The van der Waals surface area contributed by atoms with Crippen LogP contribution in [0, 0.1) is 5.92 Å². The summed E-state index contributed by atoms with van der Waals surface area (Å²) < 4.78 is 10.3. The van der Waals surface area contributed by atoms with Crippen LogP contribution in [-0.4, -0.2) is 18.1 Å². The van der Waals surface area contributed by atoms with E-state index in [1.807, 2.05) is 30.3 Å². The molecule has 1 aromatic heterocycles. The Labute approximate surface area is 140 Å². The lowest BCUT2D eigenvalue weighted by Gasteiger charge is -2.02. The van der Waals surface area contributed by atoms with Crippen LogP contribution in [0.4, 0.5) is 0 Å². The van der Waals surface area contributed by atoms with Crippen molar-refractivity contribution in [1.82, 2.24) is 4.98 Å². The van der Waals surface area contributed by atoms with E-state index in [0.717, 1.165) is 16.9 Å². The maximum absolute atomic E-state index is 12.1. The topological polar surface area (TPSA) is 52.3 Å². The van der Waals surface area contributed by atoms with E-state index >= 15 is 0 Å². The van der Waals surface area contributed by atoms with Gasteiger partial charge < -0.3 is 9.15 Å². The molecule has 4 rings (SSSR count). The first-order chi connectivity index (χ1) is 11.8. The number of oxazole rings is 1. The van der Waals surface area contributed by atoms with Crippen LogP contribution < -0.4 is 0 Å². The fraction of sp³-hybridized carbons (Fsp3) is 0.200. The summed E-state index contributed by atoms with van der Waals surface area (Å²) in [6, 6.07) is 18.3. The minimum absolute atomic E-state index is 0.117. The molecule has 1 aliphatic rings. The third-order valence-corrected chi connectivity index (χ3v) is 4.69. The summed E-state index contributed by atoms with van der Waals surface area (Å²) >= 11 is 0. The van der Waals surface area contributed by atoms with Crippen LogP contribution in [0.1, 0.15) is 23.0 Å². The number of rotatable bonds is 4. The number of methoxy groups -OCH3 is 1. The normalized spacial score (nSPS) is 22.1. The first-order valence-electron chi connectivity index (χ1n) is 7.91. The fourth-order valence-electron chi connectivity index (χ4n) is 3.47. The maximum atomic E-state index is 12.1. The van der Waals surface area contributed by atoms with Gasteiger partial charge in [-0.25, -0.2) is 4.98 Å². The molecule has 0 saturated heterocycles. The van der Waals surface area contributed by atoms with Gasteiger partial charge in [0.1, 0.15) is 0 Å². The second-order valence-electron chi connectivity index (χ2n) is 6.00. The van der Waals surface area contributed by atoms with Crippen molar-refractivity contribution in [2.24, 2.45) is 5.92 Å². The molecular formula is C20H17NO3. The number of nitrogens with zero attached hydrogens (tertiary/aromatic N) is 1. The maximum Gasteiger partial charge on any atom is 0.309 e. The van der Waals surface area contributed by atoms with Crippen molar-refractivity contribution in [1.29, 1.82) is 0 Å². The first kappa shape index (κ1) is 14.7. The summed E-state index contributed by atoms with van der Waals surface area (Å²) in [7, 11) is 1.45. The second kappa shape index (κ2) is 5.96. The summed E-state index contributed by atoms with van der Waals surface area (Å²) in [4.78, 5) is 16.1. The lowest BCUT2D eigenvalue weighted by atomic mass is 10.0. The van der Waals surface area contributed by atoms with Crippen LogP contribution >= 0.6 is 0 Å². The third kappa shape index (κ3) is 2.50. The Morgan fingerprint density at radius 1 is 1.00 bits per heavy atom. The smallest absolute Gasteiger partial charge is 0.309 e. The summed E-state index contributed by atoms with van der Waals surface area (Å²) in [5.74, 6) is 0.807. The SMILES string of the molecule is COC(=O)[C@@H]1[C@H](c2ccccc2)[C@H]1c1ccc(-c2cnco2)cc1. The minimum Gasteiger partial charge on any atom is -0.469 e. The molecule has 3 atom stereocenters. The number of hydrogen-bond acceptors (Lipinski definition) is 4. The average Bonchev–Trinajstić information content (AvgIpc) is 3.15. The highest BCUT2D eigenvalue weighted by Gasteiger charge is 2.56. The summed E-state index contributed by atoms with van der Waals surface area (Å²) in [6.07, 6.45) is 3.11. The van der Waals surface area contributed by atoms with Gasteiger partial charge in [-0.3, -0.25) is 4.79 Å². The van der Waals surface area contributed by atoms with Gasteiger partial charge in [-0.05, 0) is 11.1 Å². The molecule has 0 N–H and O–H groups in total. The molecule has 0 amide bonds. The second-order valence-corrected chi connectivity index (χ2v) is 6.00. The number of ether oxygens (including phenoxy) is 1. The number of carbonyl (C=O) groups is 1. The molecule has 1 aliphatic carbocycles. The van der Waals surface area contributed by atoms with E-state index in [9.17, 15) is 4.79 Å². The van der Waals surface area contributed by atoms with Gasteiger partial charge in [0.05, 0.1) is 19.2 Å². The molecule has 1 fully saturated rings. The molecule has 0 radical (unpaired) electrons. The monoisotopic (exact) mass is 319 g/mol. The van der Waals surface area contributed by atoms with Crippen molar-refractivity contribution in [3.05, 3.63) is 78.3 Å². The van der Waals surface area contributed by atoms with E-state index in [4.69, 9.17) is 9.15 Å². The summed E-state index contributed by atoms with van der Waals surface area (Å²) in [5, 5.41) is 0. The standard InChI is InChI=1S/C20H17NO3/c1-23-20(22)19-17(14-5-3-2-4-6-14)18(19)15-9-7-13(8-10-15)16-11-21-12-24-16/h2-12,17-19H,1H3/t17-,18-,19-/m1/s1. The molecule has 1 heterocycles. The third-order valence-electron chi connectivity index (χ3n) is 4.69. The molecule has 4 heteroatoms. The Balaban J connectivity index is 1.63. The summed E-state index contributed by atoms with van der Waals surface area (Å²) in [5.41, 5.74) is 3.29. The highest BCUT2D eigenvalue weighted by atomic mass is 16.5. The number of hydrogen-bond donors (Lipinski definition) is 0. The van der Waals surface area contributed by atoms with E-state index in [0.29, 0.717) is 0 Å². The molecule has 0 aliphatic heterocycles. The van der Waals surface area contributed by atoms with Gasteiger partial charge in [-0.15, -0.1) is 0 Å². The molecule has 120 valence electrons. The Kier molecular flexibility index (Phi) is 3.65. The van der Waals surface area contributed by atoms with Crippen LogP contribution in [0.3, 0.4) is 0 Å². The molecule has 0 unspecified atom stereocenters. The van der Waals surface area contributed by atoms with Crippen molar-refractivity contribution in [3.8, 4) is 11.3 Å².